The van der Waals surface area contributed by atoms with E-state index in [4.69, 9.17) is 10.1 Å². The van der Waals surface area contributed by atoms with Crippen LogP contribution in [0.1, 0.15) is 18.5 Å². The smallest absolute Gasteiger partial charge is 0.142 e. The highest BCUT2D eigenvalue weighted by atomic mass is 16.3. The van der Waals surface area contributed by atoms with Gasteiger partial charge in [0.2, 0.25) is 0 Å². The van der Waals surface area contributed by atoms with Gasteiger partial charge in [-0.1, -0.05) is 0 Å². The zero-order chi connectivity index (χ0) is 19.5. The summed E-state index contributed by atoms with van der Waals surface area (Å²) in [6.45, 7) is 2.61. The highest BCUT2D eigenvalue weighted by molar-refractivity contribution is 5.85. The summed E-state index contributed by atoms with van der Waals surface area (Å²) in [5, 5.41) is 14.2. The van der Waals surface area contributed by atoms with Gasteiger partial charge < -0.3 is 10.0 Å². The average Bonchev–Trinajstić information content (AvgIpc) is 3.14. The second-order valence-corrected chi connectivity index (χ2v) is 7.45. The minimum absolute atomic E-state index is 0.0853. The molecule has 1 aliphatic rings. The summed E-state index contributed by atoms with van der Waals surface area (Å²) in [7, 11) is 1.88. The number of aryl methyl sites for hydroxylation is 1. The Kier molecular flexibility index (Phi) is 5.45. The lowest BCUT2D eigenvalue weighted by atomic mass is 9.90. The summed E-state index contributed by atoms with van der Waals surface area (Å²) in [5.74, 6) is 0.334. The molecule has 3 aromatic rings. The molecule has 0 aromatic carbocycles. The molecule has 1 N–H and O–H groups in total. The number of piperidine rings is 1. The van der Waals surface area contributed by atoms with Crippen molar-refractivity contribution in [1.29, 1.82) is 0 Å². The molecule has 4 rings (SSSR count). The van der Waals surface area contributed by atoms with Crippen molar-refractivity contribution in [3.8, 4) is 11.3 Å². The SMILES string of the molecule is Cn1cc(-c2ccc3cnc(CC(=O)C4CCN(CCO)CC4)cc3n2)cn1. The normalized spacial score (nSPS) is 15.9. The molecule has 0 saturated carbocycles. The van der Waals surface area contributed by atoms with Crippen LogP contribution in [0.25, 0.3) is 22.2 Å². The lowest BCUT2D eigenvalue weighted by Crippen LogP contribution is -2.38. The quantitative estimate of drug-likeness (QED) is 0.704. The molecule has 0 atom stereocenters. The number of aliphatic hydroxyl groups is 1. The van der Waals surface area contributed by atoms with Crippen LogP contribution in [0.4, 0.5) is 0 Å². The number of ketones is 1. The van der Waals surface area contributed by atoms with E-state index < -0.39 is 0 Å². The van der Waals surface area contributed by atoms with E-state index in [0.717, 1.165) is 53.8 Å². The fourth-order valence-corrected chi connectivity index (χ4v) is 3.81. The largest absolute Gasteiger partial charge is 0.395 e. The number of aromatic nitrogens is 4. The van der Waals surface area contributed by atoms with Crippen LogP contribution in [-0.2, 0) is 18.3 Å². The van der Waals surface area contributed by atoms with Crippen LogP contribution in [0.5, 0.6) is 0 Å². The van der Waals surface area contributed by atoms with E-state index in [2.05, 4.69) is 15.0 Å². The monoisotopic (exact) mass is 379 g/mol. The molecule has 0 unspecified atom stereocenters. The summed E-state index contributed by atoms with van der Waals surface area (Å²) in [6, 6.07) is 5.89. The Morgan fingerprint density at radius 1 is 1.25 bits per heavy atom. The van der Waals surface area contributed by atoms with Gasteiger partial charge in [-0.05, 0) is 44.1 Å². The van der Waals surface area contributed by atoms with Crippen molar-refractivity contribution in [1.82, 2.24) is 24.6 Å². The molecule has 1 fully saturated rings. The van der Waals surface area contributed by atoms with Crippen molar-refractivity contribution < 1.29 is 9.90 Å². The van der Waals surface area contributed by atoms with Crippen LogP contribution >= 0.6 is 0 Å². The average molecular weight is 379 g/mol. The first-order valence-corrected chi connectivity index (χ1v) is 9.73. The van der Waals surface area contributed by atoms with Crippen molar-refractivity contribution in [3.63, 3.8) is 0 Å². The molecule has 1 saturated heterocycles. The van der Waals surface area contributed by atoms with Crippen LogP contribution in [-0.4, -0.2) is 61.8 Å². The lowest BCUT2D eigenvalue weighted by molar-refractivity contribution is -0.123. The highest BCUT2D eigenvalue weighted by Crippen LogP contribution is 2.22. The molecule has 7 heteroatoms. The maximum atomic E-state index is 12.7. The summed E-state index contributed by atoms with van der Waals surface area (Å²) in [5.41, 5.74) is 3.44. The van der Waals surface area contributed by atoms with Gasteiger partial charge in [0.1, 0.15) is 5.78 Å². The summed E-state index contributed by atoms with van der Waals surface area (Å²) in [6.07, 6.45) is 7.58. The minimum Gasteiger partial charge on any atom is -0.395 e. The van der Waals surface area contributed by atoms with Crippen LogP contribution in [0.3, 0.4) is 0 Å². The zero-order valence-corrected chi connectivity index (χ0v) is 16.1. The fourth-order valence-electron chi connectivity index (χ4n) is 3.81. The Hall–Kier alpha value is -2.64. The fraction of sp³-hybridized carbons (Fsp3) is 0.429. The predicted molar refractivity (Wildman–Crippen MR) is 107 cm³/mol. The molecule has 28 heavy (non-hydrogen) atoms. The van der Waals surface area contributed by atoms with Gasteiger partial charge in [-0.3, -0.25) is 14.5 Å². The van der Waals surface area contributed by atoms with Gasteiger partial charge in [0.25, 0.3) is 0 Å². The predicted octanol–water partition coefficient (Wildman–Crippen LogP) is 1.85. The van der Waals surface area contributed by atoms with Crippen LogP contribution in [0.2, 0.25) is 0 Å². The number of hydrogen-bond acceptors (Lipinski definition) is 6. The number of carbonyl (C=O) groups is 1. The van der Waals surface area contributed by atoms with E-state index in [-0.39, 0.29) is 18.3 Å². The Balaban J connectivity index is 1.47. The lowest BCUT2D eigenvalue weighted by Gasteiger charge is -2.30. The van der Waals surface area contributed by atoms with E-state index >= 15 is 0 Å². The van der Waals surface area contributed by atoms with Crippen molar-refractivity contribution in [2.75, 3.05) is 26.2 Å². The second kappa shape index (κ2) is 8.16. The highest BCUT2D eigenvalue weighted by Gasteiger charge is 2.24. The number of carbonyl (C=O) groups excluding carboxylic acids is 1. The Labute approximate surface area is 164 Å². The van der Waals surface area contributed by atoms with E-state index in [1.54, 1.807) is 17.1 Å². The number of fused-ring (bicyclic) bond motifs is 1. The van der Waals surface area contributed by atoms with Crippen LogP contribution in [0.15, 0.2) is 36.8 Å². The molecule has 3 aromatic heterocycles. The number of β-amino-alcohol motifs (C(OH)–C–C–N with tert-alkyl or cyclic N) is 1. The molecule has 0 bridgehead atoms. The maximum Gasteiger partial charge on any atom is 0.142 e. The third-order valence-corrected chi connectivity index (χ3v) is 5.45. The Bertz CT molecular complexity index is 976. The molecule has 146 valence electrons. The molecule has 0 spiro atoms. The number of aliphatic hydroxyl groups excluding tert-OH is 1. The zero-order valence-electron chi connectivity index (χ0n) is 16.1. The number of rotatable bonds is 6. The molecule has 0 radical (unpaired) electrons. The molecule has 0 aliphatic carbocycles. The number of Topliss-reactive ketones (excluding diaryl/α,β-unsaturated/α-hetero) is 1. The van der Waals surface area contributed by atoms with E-state index in [1.807, 2.05) is 31.4 Å². The van der Waals surface area contributed by atoms with Gasteiger partial charge in [0.05, 0.1) is 24.0 Å². The topological polar surface area (TPSA) is 84.1 Å². The van der Waals surface area contributed by atoms with Crippen LogP contribution < -0.4 is 0 Å². The first kappa shape index (κ1) is 18.7. The summed E-state index contributed by atoms with van der Waals surface area (Å²) in [4.78, 5) is 24.1. The number of likely N-dealkylation sites (tertiary alicyclic amines) is 1. The summed E-state index contributed by atoms with van der Waals surface area (Å²) >= 11 is 0. The minimum atomic E-state index is 0.0853. The van der Waals surface area contributed by atoms with E-state index in [9.17, 15) is 4.79 Å². The Morgan fingerprint density at radius 2 is 2.07 bits per heavy atom. The van der Waals surface area contributed by atoms with Gasteiger partial charge in [-0.15, -0.1) is 0 Å². The van der Waals surface area contributed by atoms with Gasteiger partial charge >= 0.3 is 0 Å². The van der Waals surface area contributed by atoms with Gasteiger partial charge in [0, 0.05) is 55.0 Å². The van der Waals surface area contributed by atoms with Crippen molar-refractivity contribution in [3.05, 3.63) is 42.5 Å². The molecular formula is C21H25N5O2. The van der Waals surface area contributed by atoms with E-state index in [1.165, 1.54) is 0 Å². The number of pyridine rings is 2. The maximum absolute atomic E-state index is 12.7. The third kappa shape index (κ3) is 4.10. The molecular weight excluding hydrogens is 354 g/mol. The van der Waals surface area contributed by atoms with Crippen LogP contribution in [0, 0.1) is 5.92 Å². The van der Waals surface area contributed by atoms with Gasteiger partial charge in [0.15, 0.2) is 0 Å². The first-order chi connectivity index (χ1) is 13.6. The molecule has 1 aliphatic heterocycles. The third-order valence-electron chi connectivity index (χ3n) is 5.45. The van der Waals surface area contributed by atoms with E-state index in [0.29, 0.717) is 13.0 Å². The van der Waals surface area contributed by atoms with Crippen molar-refractivity contribution >= 4 is 16.7 Å². The standard InChI is InChI=1S/C21H25N5O2/c1-25-14-17(13-23-25)19-3-2-16-12-22-18(10-20(16)24-19)11-21(28)15-4-6-26(7-5-15)8-9-27/h2-3,10,12-15,27H,4-9,11H2,1H3. The number of hydrogen-bond donors (Lipinski definition) is 1. The first-order valence-electron chi connectivity index (χ1n) is 9.73. The Morgan fingerprint density at radius 3 is 2.79 bits per heavy atom. The van der Waals surface area contributed by atoms with Gasteiger partial charge in [-0.25, -0.2) is 4.98 Å². The molecule has 4 heterocycles. The van der Waals surface area contributed by atoms with Crippen molar-refractivity contribution in [2.45, 2.75) is 19.3 Å². The van der Waals surface area contributed by atoms with Gasteiger partial charge in [-0.2, -0.15) is 5.10 Å². The summed E-state index contributed by atoms with van der Waals surface area (Å²) < 4.78 is 1.75. The van der Waals surface area contributed by atoms with Crippen molar-refractivity contribution in [2.24, 2.45) is 13.0 Å². The molecule has 7 nitrogen and oxygen atoms in total. The second-order valence-electron chi connectivity index (χ2n) is 7.45. The molecule has 0 amide bonds. The number of nitrogens with zero attached hydrogens (tertiary/aromatic N) is 5.